The highest BCUT2D eigenvalue weighted by Crippen LogP contribution is 2.47. The van der Waals surface area contributed by atoms with Gasteiger partial charge in [0, 0.05) is 46.0 Å². The largest absolute Gasteiger partial charge is 0.463 e. The van der Waals surface area contributed by atoms with Gasteiger partial charge in [0.1, 0.15) is 5.82 Å². The van der Waals surface area contributed by atoms with E-state index in [4.69, 9.17) is 14.2 Å². The molecule has 0 N–H and O–H groups in total. The molecule has 2 heterocycles. The van der Waals surface area contributed by atoms with Crippen LogP contribution in [0.15, 0.2) is 46.9 Å². The average Bonchev–Trinajstić information content (AvgIpc) is 2.87. The Labute approximate surface area is 221 Å². The number of hydrogen-bond donors (Lipinski definition) is 0. The maximum Gasteiger partial charge on any atom is 0.416 e. The Morgan fingerprint density at radius 1 is 1.00 bits per heavy atom. The number of morpholine rings is 1. The lowest BCUT2D eigenvalue weighted by atomic mass is 9.78. The molecular formula is C27H36F3N3O5. The van der Waals surface area contributed by atoms with Crippen molar-refractivity contribution in [1.29, 1.82) is 0 Å². The number of esters is 2. The van der Waals surface area contributed by atoms with E-state index in [9.17, 15) is 22.8 Å². The van der Waals surface area contributed by atoms with E-state index in [2.05, 4.69) is 4.90 Å². The number of rotatable bonds is 9. The monoisotopic (exact) mass is 539 g/mol. The van der Waals surface area contributed by atoms with Gasteiger partial charge in [-0.3, -0.25) is 4.90 Å². The molecule has 0 amide bonds. The predicted octanol–water partition coefficient (Wildman–Crippen LogP) is 3.61. The minimum atomic E-state index is -4.71. The molecule has 2 aliphatic rings. The minimum Gasteiger partial charge on any atom is -0.463 e. The molecule has 0 aliphatic carbocycles. The highest BCUT2D eigenvalue weighted by atomic mass is 19.4. The Morgan fingerprint density at radius 2 is 1.58 bits per heavy atom. The number of alkyl halides is 3. The van der Waals surface area contributed by atoms with Crippen LogP contribution in [-0.4, -0.2) is 93.3 Å². The van der Waals surface area contributed by atoms with Gasteiger partial charge in [-0.2, -0.15) is 13.2 Å². The van der Waals surface area contributed by atoms with Crippen LogP contribution >= 0.6 is 0 Å². The van der Waals surface area contributed by atoms with E-state index in [0.717, 1.165) is 19.2 Å². The number of benzene rings is 1. The van der Waals surface area contributed by atoms with Crippen LogP contribution in [0.25, 0.3) is 0 Å². The molecule has 0 radical (unpaired) electrons. The molecule has 0 saturated carbocycles. The summed E-state index contributed by atoms with van der Waals surface area (Å²) >= 11 is 0. The fourth-order valence-electron chi connectivity index (χ4n) is 4.96. The molecule has 8 nitrogen and oxygen atoms in total. The molecule has 0 spiro atoms. The lowest BCUT2D eigenvalue weighted by Gasteiger charge is -2.42. The molecule has 1 unspecified atom stereocenters. The Balaban J connectivity index is 2.29. The molecule has 1 saturated heterocycles. The van der Waals surface area contributed by atoms with Crippen LogP contribution in [0.4, 0.5) is 13.2 Å². The zero-order chi connectivity index (χ0) is 28.0. The topological polar surface area (TPSA) is 71.6 Å². The van der Waals surface area contributed by atoms with Gasteiger partial charge in [0.15, 0.2) is 0 Å². The summed E-state index contributed by atoms with van der Waals surface area (Å²) in [4.78, 5) is 32.6. The van der Waals surface area contributed by atoms with Crippen LogP contribution in [0, 0.1) is 0 Å². The second-order valence-electron chi connectivity index (χ2n) is 9.20. The number of allylic oxidation sites excluding steroid dienone is 1. The van der Waals surface area contributed by atoms with Gasteiger partial charge in [-0.15, -0.1) is 0 Å². The first-order valence-corrected chi connectivity index (χ1v) is 12.7. The Morgan fingerprint density at radius 3 is 2.13 bits per heavy atom. The van der Waals surface area contributed by atoms with Crippen molar-refractivity contribution in [3.8, 4) is 0 Å². The molecule has 1 aromatic rings. The van der Waals surface area contributed by atoms with Crippen LogP contribution in [0.1, 0.15) is 37.8 Å². The Kier molecular flexibility index (Phi) is 9.83. The van der Waals surface area contributed by atoms with Gasteiger partial charge in [0.05, 0.1) is 49.1 Å². The number of hydrogen-bond acceptors (Lipinski definition) is 8. The number of nitrogens with zero attached hydrogens (tertiary/aromatic N) is 3. The van der Waals surface area contributed by atoms with E-state index in [0.29, 0.717) is 37.8 Å². The molecule has 0 aromatic heterocycles. The molecule has 2 aliphatic heterocycles. The molecule has 3 rings (SSSR count). The first kappa shape index (κ1) is 29.5. The van der Waals surface area contributed by atoms with E-state index in [1.807, 2.05) is 0 Å². The summed E-state index contributed by atoms with van der Waals surface area (Å²) in [5, 5.41) is 0. The third-order valence-electron chi connectivity index (χ3n) is 6.60. The van der Waals surface area contributed by atoms with E-state index in [1.165, 1.54) is 18.2 Å². The van der Waals surface area contributed by atoms with Gasteiger partial charge < -0.3 is 24.0 Å². The number of carbonyl (C=O) groups excluding carboxylic acids is 2. The van der Waals surface area contributed by atoms with Crippen molar-refractivity contribution in [2.75, 3.05) is 66.7 Å². The second kappa shape index (κ2) is 12.7. The lowest BCUT2D eigenvalue weighted by Crippen LogP contribution is -2.45. The van der Waals surface area contributed by atoms with Crippen molar-refractivity contribution < 1.29 is 37.0 Å². The van der Waals surface area contributed by atoms with Crippen molar-refractivity contribution >= 4 is 11.9 Å². The van der Waals surface area contributed by atoms with Crippen LogP contribution in [0.5, 0.6) is 0 Å². The first-order valence-electron chi connectivity index (χ1n) is 12.7. The molecular weight excluding hydrogens is 503 g/mol. The van der Waals surface area contributed by atoms with Crippen LogP contribution in [-0.2, 0) is 30.0 Å². The zero-order valence-corrected chi connectivity index (χ0v) is 22.6. The summed E-state index contributed by atoms with van der Waals surface area (Å²) in [6.45, 7) is 8.61. The summed E-state index contributed by atoms with van der Waals surface area (Å²) in [5.41, 5.74) is -0.766. The minimum absolute atomic E-state index is 0.0146. The number of carbonyl (C=O) groups is 2. The van der Waals surface area contributed by atoms with Crippen molar-refractivity contribution in [2.24, 2.45) is 0 Å². The van der Waals surface area contributed by atoms with Crippen molar-refractivity contribution in [3.05, 3.63) is 58.1 Å². The zero-order valence-electron chi connectivity index (χ0n) is 22.6. The summed E-state index contributed by atoms with van der Waals surface area (Å²) in [6.07, 6.45) is -4.71. The summed E-state index contributed by atoms with van der Waals surface area (Å²) in [5.74, 6) is -2.53. The van der Waals surface area contributed by atoms with Gasteiger partial charge in [0.25, 0.3) is 0 Å². The van der Waals surface area contributed by atoms with Gasteiger partial charge >= 0.3 is 18.1 Å². The van der Waals surface area contributed by atoms with Gasteiger partial charge in [0.2, 0.25) is 0 Å². The van der Waals surface area contributed by atoms with E-state index in [-0.39, 0.29) is 29.9 Å². The van der Waals surface area contributed by atoms with Gasteiger partial charge in [-0.1, -0.05) is 18.2 Å². The SMILES string of the molecule is CCOC(=O)C1=C(C)N(CCN2CCOCC2)C(N(C)C)=C(C(=O)OCC)C1c1ccccc1C(F)(F)F. The maximum absolute atomic E-state index is 14.2. The standard InChI is InChI=1S/C27H36F3N3O5/c1-6-37-25(34)21-18(3)33(13-12-32-14-16-36-17-15-32)24(31(4)5)23(26(35)38-7-2)22(21)19-10-8-9-11-20(19)27(28,29)30/h8-11,22H,6-7,12-17H2,1-5H3. The third-order valence-corrected chi connectivity index (χ3v) is 6.60. The smallest absolute Gasteiger partial charge is 0.416 e. The summed E-state index contributed by atoms with van der Waals surface area (Å²) in [6, 6.07) is 5.00. The Hall–Kier alpha value is -3.05. The molecule has 1 atom stereocenters. The molecule has 210 valence electrons. The first-order chi connectivity index (χ1) is 18.0. The van der Waals surface area contributed by atoms with E-state index < -0.39 is 29.6 Å². The lowest BCUT2D eigenvalue weighted by molar-refractivity contribution is -0.142. The predicted molar refractivity (Wildman–Crippen MR) is 135 cm³/mol. The van der Waals surface area contributed by atoms with Crippen molar-refractivity contribution in [2.45, 2.75) is 32.9 Å². The third kappa shape index (κ3) is 6.32. The summed E-state index contributed by atoms with van der Waals surface area (Å²) in [7, 11) is 3.43. The normalized spacial score (nSPS) is 19.1. The molecule has 1 fully saturated rings. The number of halogens is 3. The Bertz CT molecular complexity index is 1080. The molecule has 11 heteroatoms. The fraction of sp³-hybridized carbons (Fsp3) is 0.556. The average molecular weight is 540 g/mol. The van der Waals surface area contributed by atoms with Crippen LogP contribution in [0.3, 0.4) is 0 Å². The maximum atomic E-state index is 14.2. The van der Waals surface area contributed by atoms with Crippen LogP contribution < -0.4 is 0 Å². The van der Waals surface area contributed by atoms with E-state index in [1.54, 1.807) is 44.7 Å². The number of ether oxygens (including phenoxy) is 3. The summed E-state index contributed by atoms with van der Waals surface area (Å²) < 4.78 is 58.8. The highest BCUT2D eigenvalue weighted by molar-refractivity contribution is 6.00. The van der Waals surface area contributed by atoms with Crippen LogP contribution in [0.2, 0.25) is 0 Å². The second-order valence-corrected chi connectivity index (χ2v) is 9.20. The van der Waals surface area contributed by atoms with E-state index >= 15 is 0 Å². The fourth-order valence-corrected chi connectivity index (χ4v) is 4.96. The quantitative estimate of drug-likeness (QED) is 0.441. The van der Waals surface area contributed by atoms with Gasteiger partial charge in [-0.25, -0.2) is 9.59 Å². The molecule has 1 aromatic carbocycles. The van der Waals surface area contributed by atoms with Crippen molar-refractivity contribution in [3.63, 3.8) is 0 Å². The molecule has 0 bridgehead atoms. The van der Waals surface area contributed by atoms with Gasteiger partial charge in [-0.05, 0) is 32.4 Å². The van der Waals surface area contributed by atoms with Crippen molar-refractivity contribution in [1.82, 2.24) is 14.7 Å². The highest BCUT2D eigenvalue weighted by Gasteiger charge is 2.46. The molecule has 38 heavy (non-hydrogen) atoms.